The highest BCUT2D eigenvalue weighted by Crippen LogP contribution is 2.34. The summed E-state index contributed by atoms with van der Waals surface area (Å²) >= 11 is 1.75. The molecule has 5 rings (SSSR count). The maximum atomic E-state index is 5.47. The summed E-state index contributed by atoms with van der Waals surface area (Å²) in [5, 5.41) is 3.18. The number of ether oxygens (including phenoxy) is 1. The summed E-state index contributed by atoms with van der Waals surface area (Å²) in [6, 6.07) is 19.4. The van der Waals surface area contributed by atoms with Crippen LogP contribution in [-0.2, 0) is 4.74 Å². The zero-order valence-electron chi connectivity index (χ0n) is 17.0. The van der Waals surface area contributed by atoms with Gasteiger partial charge in [0.25, 0.3) is 0 Å². The molecule has 0 radical (unpaired) electrons. The highest BCUT2D eigenvalue weighted by Gasteiger charge is 2.16. The molecule has 3 heterocycles. The first-order valence-corrected chi connectivity index (χ1v) is 11.2. The van der Waals surface area contributed by atoms with E-state index in [0.717, 1.165) is 55.3 Å². The maximum Gasteiger partial charge on any atom is 0.144 e. The zero-order chi connectivity index (χ0) is 20.3. The third kappa shape index (κ3) is 3.64. The van der Waals surface area contributed by atoms with E-state index in [1.54, 1.807) is 17.7 Å². The van der Waals surface area contributed by atoms with Gasteiger partial charge in [0, 0.05) is 41.3 Å². The Labute approximate surface area is 180 Å². The van der Waals surface area contributed by atoms with Crippen molar-refractivity contribution in [3.8, 4) is 10.4 Å². The summed E-state index contributed by atoms with van der Waals surface area (Å²) < 4.78 is 5.47. The number of hydrogen-bond donors (Lipinski definition) is 0. The van der Waals surface area contributed by atoms with E-state index in [2.05, 4.69) is 86.7 Å². The van der Waals surface area contributed by atoms with Gasteiger partial charge in [-0.05, 0) is 60.3 Å². The van der Waals surface area contributed by atoms with E-state index in [1.807, 2.05) is 0 Å². The van der Waals surface area contributed by atoms with Crippen molar-refractivity contribution in [2.45, 2.75) is 6.92 Å². The zero-order valence-corrected chi connectivity index (χ0v) is 17.8. The molecule has 1 saturated heterocycles. The largest absolute Gasteiger partial charge is 0.378 e. The molecule has 0 bridgehead atoms. The lowest BCUT2D eigenvalue weighted by atomic mass is 10.1. The first-order valence-electron chi connectivity index (χ1n) is 10.3. The Kier molecular flexibility index (Phi) is 5.34. The normalized spacial score (nSPS) is 14.2. The highest BCUT2D eigenvalue weighted by molar-refractivity contribution is 7.13. The number of rotatable bonds is 5. The molecule has 0 aliphatic carbocycles. The standard InChI is InChI=1S/C24H24N4OS/c1-2-28(20-8-6-19(7-9-20)27-11-13-29-14-12-27)24-21-16-18(23-4-3-15-30-23)5-10-22(21)25-17-26-24/h3-10,15-17H,2,11-14H2,1H3. The van der Waals surface area contributed by atoms with Crippen LogP contribution in [0.4, 0.5) is 17.2 Å². The average Bonchev–Trinajstić information content (AvgIpc) is 3.36. The minimum absolute atomic E-state index is 0.794. The van der Waals surface area contributed by atoms with Crippen LogP contribution < -0.4 is 9.80 Å². The summed E-state index contributed by atoms with van der Waals surface area (Å²) in [6.07, 6.45) is 1.66. The third-order valence-electron chi connectivity index (χ3n) is 5.53. The molecular weight excluding hydrogens is 392 g/mol. The molecule has 0 spiro atoms. The summed E-state index contributed by atoms with van der Waals surface area (Å²) in [7, 11) is 0. The van der Waals surface area contributed by atoms with Crippen LogP contribution in [0.5, 0.6) is 0 Å². The number of nitrogens with zero attached hydrogens (tertiary/aromatic N) is 4. The van der Waals surface area contributed by atoms with Crippen LogP contribution in [0, 0.1) is 0 Å². The van der Waals surface area contributed by atoms with Gasteiger partial charge in [-0.15, -0.1) is 11.3 Å². The summed E-state index contributed by atoms with van der Waals surface area (Å²) in [4.78, 5) is 15.1. The number of anilines is 3. The van der Waals surface area contributed by atoms with E-state index in [9.17, 15) is 0 Å². The first-order chi connectivity index (χ1) is 14.8. The van der Waals surface area contributed by atoms with Gasteiger partial charge >= 0.3 is 0 Å². The molecular formula is C24H24N4OS. The Morgan fingerprint density at radius 1 is 1.03 bits per heavy atom. The minimum atomic E-state index is 0.794. The van der Waals surface area contributed by atoms with E-state index >= 15 is 0 Å². The fourth-order valence-electron chi connectivity index (χ4n) is 3.97. The second-order valence-corrected chi connectivity index (χ2v) is 8.21. The van der Waals surface area contributed by atoms with Gasteiger partial charge < -0.3 is 14.5 Å². The van der Waals surface area contributed by atoms with Gasteiger partial charge in [-0.2, -0.15) is 0 Å². The van der Waals surface area contributed by atoms with Crippen LogP contribution in [0.25, 0.3) is 21.3 Å². The molecule has 30 heavy (non-hydrogen) atoms. The van der Waals surface area contributed by atoms with Gasteiger partial charge in [0.1, 0.15) is 12.1 Å². The summed E-state index contributed by atoms with van der Waals surface area (Å²) in [5.74, 6) is 0.944. The molecule has 5 nitrogen and oxygen atoms in total. The van der Waals surface area contributed by atoms with E-state index in [4.69, 9.17) is 4.74 Å². The lowest BCUT2D eigenvalue weighted by molar-refractivity contribution is 0.122. The predicted molar refractivity (Wildman–Crippen MR) is 125 cm³/mol. The molecule has 1 aliphatic rings. The number of benzene rings is 2. The van der Waals surface area contributed by atoms with E-state index in [0.29, 0.717) is 0 Å². The smallest absolute Gasteiger partial charge is 0.144 e. The molecule has 0 amide bonds. The molecule has 0 unspecified atom stereocenters. The van der Waals surface area contributed by atoms with Crippen molar-refractivity contribution in [2.24, 2.45) is 0 Å². The van der Waals surface area contributed by atoms with E-state index in [1.165, 1.54) is 16.1 Å². The number of thiophene rings is 1. The van der Waals surface area contributed by atoms with Crippen LogP contribution >= 0.6 is 11.3 Å². The van der Waals surface area contributed by atoms with Crippen molar-refractivity contribution in [1.82, 2.24) is 9.97 Å². The average molecular weight is 417 g/mol. The Morgan fingerprint density at radius 2 is 1.87 bits per heavy atom. The molecule has 6 heteroatoms. The summed E-state index contributed by atoms with van der Waals surface area (Å²) in [5.41, 5.74) is 4.54. The molecule has 0 N–H and O–H groups in total. The monoisotopic (exact) mass is 416 g/mol. The lowest BCUT2D eigenvalue weighted by Crippen LogP contribution is -2.36. The second-order valence-electron chi connectivity index (χ2n) is 7.27. The Hall–Kier alpha value is -2.96. The van der Waals surface area contributed by atoms with E-state index in [-0.39, 0.29) is 0 Å². The van der Waals surface area contributed by atoms with Crippen molar-refractivity contribution in [3.63, 3.8) is 0 Å². The van der Waals surface area contributed by atoms with Crippen LogP contribution in [-0.4, -0.2) is 42.8 Å². The second kappa shape index (κ2) is 8.42. The fourth-order valence-corrected chi connectivity index (χ4v) is 4.70. The molecule has 2 aromatic heterocycles. The van der Waals surface area contributed by atoms with Crippen LogP contribution in [0.1, 0.15) is 6.92 Å². The number of aromatic nitrogens is 2. The van der Waals surface area contributed by atoms with Gasteiger partial charge in [0.2, 0.25) is 0 Å². The fraction of sp³-hybridized carbons (Fsp3) is 0.250. The topological polar surface area (TPSA) is 41.5 Å². The van der Waals surface area contributed by atoms with Gasteiger partial charge in [-0.1, -0.05) is 12.1 Å². The Bertz CT molecular complexity index is 1120. The number of fused-ring (bicyclic) bond motifs is 1. The van der Waals surface area contributed by atoms with Gasteiger partial charge in [0.05, 0.1) is 18.7 Å². The van der Waals surface area contributed by atoms with Gasteiger partial charge in [0.15, 0.2) is 0 Å². The van der Waals surface area contributed by atoms with Crippen LogP contribution in [0.15, 0.2) is 66.3 Å². The summed E-state index contributed by atoms with van der Waals surface area (Å²) in [6.45, 7) is 6.46. The molecule has 152 valence electrons. The van der Waals surface area contributed by atoms with Crippen molar-refractivity contribution in [2.75, 3.05) is 42.6 Å². The quantitative estimate of drug-likeness (QED) is 0.438. The SMILES string of the molecule is CCN(c1ccc(N2CCOCC2)cc1)c1ncnc2ccc(-c3cccs3)cc12. The van der Waals surface area contributed by atoms with Crippen molar-refractivity contribution in [3.05, 3.63) is 66.3 Å². The molecule has 2 aromatic carbocycles. The number of hydrogen-bond acceptors (Lipinski definition) is 6. The highest BCUT2D eigenvalue weighted by atomic mass is 32.1. The van der Waals surface area contributed by atoms with Gasteiger partial charge in [-0.3, -0.25) is 0 Å². The Balaban J connectivity index is 1.51. The predicted octanol–water partition coefficient (Wildman–Crippen LogP) is 5.35. The minimum Gasteiger partial charge on any atom is -0.378 e. The van der Waals surface area contributed by atoms with Crippen LogP contribution in [0.2, 0.25) is 0 Å². The molecule has 1 aliphatic heterocycles. The number of morpholine rings is 1. The van der Waals surface area contributed by atoms with Crippen molar-refractivity contribution >= 4 is 39.4 Å². The van der Waals surface area contributed by atoms with Crippen molar-refractivity contribution in [1.29, 1.82) is 0 Å². The molecule has 0 saturated carbocycles. The third-order valence-corrected chi connectivity index (χ3v) is 6.45. The van der Waals surface area contributed by atoms with E-state index < -0.39 is 0 Å². The lowest BCUT2D eigenvalue weighted by Gasteiger charge is -2.29. The first kappa shape index (κ1) is 19.0. The molecule has 4 aromatic rings. The maximum absolute atomic E-state index is 5.47. The molecule has 0 atom stereocenters. The Morgan fingerprint density at radius 3 is 2.60 bits per heavy atom. The molecule has 1 fully saturated rings. The van der Waals surface area contributed by atoms with Crippen LogP contribution in [0.3, 0.4) is 0 Å². The van der Waals surface area contributed by atoms with Crippen molar-refractivity contribution < 1.29 is 4.74 Å². The van der Waals surface area contributed by atoms with Gasteiger partial charge in [-0.25, -0.2) is 9.97 Å².